The molecule has 2 aliphatic heterocycles. The van der Waals surface area contributed by atoms with Gasteiger partial charge in [-0.25, -0.2) is 0 Å². The van der Waals surface area contributed by atoms with E-state index in [2.05, 4.69) is 4.98 Å². The molecule has 3 aromatic rings. The molecule has 1 aromatic heterocycles. The van der Waals surface area contributed by atoms with Crippen LogP contribution in [-0.2, 0) is 6.42 Å². The molecule has 0 radical (unpaired) electrons. The zero-order valence-corrected chi connectivity index (χ0v) is 19.2. The van der Waals surface area contributed by atoms with E-state index >= 15 is 0 Å². The Morgan fingerprint density at radius 2 is 1.97 bits per heavy atom. The summed E-state index contributed by atoms with van der Waals surface area (Å²) in [4.78, 5) is 17.9. The predicted octanol–water partition coefficient (Wildman–Crippen LogP) is 2.92. The monoisotopic (exact) mass is 469 g/mol. The molecule has 2 N–H and O–H groups in total. The van der Waals surface area contributed by atoms with Gasteiger partial charge in [-0.15, -0.1) is 0 Å². The summed E-state index contributed by atoms with van der Waals surface area (Å²) in [6.45, 7) is 0.753. The van der Waals surface area contributed by atoms with Gasteiger partial charge >= 0.3 is 0 Å². The molecule has 0 amide bonds. The fourth-order valence-electron chi connectivity index (χ4n) is 4.62. The Bertz CT molecular complexity index is 1370. The molecule has 0 saturated carbocycles. The summed E-state index contributed by atoms with van der Waals surface area (Å²) in [5.74, 6) is 1.82. The van der Waals surface area contributed by atoms with E-state index in [1.807, 2.05) is 24.1 Å². The first kappa shape index (κ1) is 21.4. The zero-order valence-electron chi connectivity index (χ0n) is 18.4. The van der Waals surface area contributed by atoms with E-state index in [0.29, 0.717) is 35.2 Å². The van der Waals surface area contributed by atoms with E-state index < -0.39 is 11.6 Å². The van der Waals surface area contributed by atoms with Crippen molar-refractivity contribution in [2.45, 2.75) is 12.5 Å². The van der Waals surface area contributed by atoms with Crippen molar-refractivity contribution >= 4 is 12.2 Å². The smallest absolute Gasteiger partial charge is 0.260 e. The SMILES string of the molecule is COc1ccccc1-n1c(O)c(C2c3c(cc4c(c3OC)OCO4)CCN2C)c(=O)[nH]c1=S. The number of H-pyrrole nitrogens is 1. The summed E-state index contributed by atoms with van der Waals surface area (Å²) in [6, 6.07) is 8.43. The highest BCUT2D eigenvalue weighted by molar-refractivity contribution is 7.71. The van der Waals surface area contributed by atoms with E-state index in [-0.39, 0.29) is 23.0 Å². The first-order valence-electron chi connectivity index (χ1n) is 10.4. The van der Waals surface area contributed by atoms with E-state index in [1.165, 1.54) is 11.7 Å². The predicted molar refractivity (Wildman–Crippen MR) is 123 cm³/mol. The molecule has 1 atom stereocenters. The Kier molecular flexibility index (Phi) is 5.26. The number of ether oxygens (including phenoxy) is 4. The van der Waals surface area contributed by atoms with Gasteiger partial charge in [0, 0.05) is 12.1 Å². The number of aromatic amines is 1. The second-order valence-corrected chi connectivity index (χ2v) is 8.24. The van der Waals surface area contributed by atoms with Crippen LogP contribution in [0.25, 0.3) is 5.69 Å². The molecule has 0 bridgehead atoms. The van der Waals surface area contributed by atoms with Crippen molar-refractivity contribution in [1.29, 1.82) is 0 Å². The first-order chi connectivity index (χ1) is 16.0. The topological polar surface area (TPSA) is 98.2 Å². The zero-order chi connectivity index (χ0) is 23.3. The van der Waals surface area contributed by atoms with Crippen LogP contribution in [0.5, 0.6) is 28.9 Å². The number of benzene rings is 2. The maximum absolute atomic E-state index is 13.2. The molecule has 2 aromatic carbocycles. The number of aromatic nitrogens is 2. The molecule has 0 saturated heterocycles. The first-order valence-corrected chi connectivity index (χ1v) is 10.8. The lowest BCUT2D eigenvalue weighted by atomic mass is 9.87. The second kappa shape index (κ2) is 8.13. The van der Waals surface area contributed by atoms with Crippen molar-refractivity contribution in [3.05, 3.63) is 62.1 Å². The van der Waals surface area contributed by atoms with Gasteiger partial charge in [0.1, 0.15) is 5.75 Å². The molecule has 0 spiro atoms. The minimum atomic E-state index is -0.612. The number of hydrogen-bond donors (Lipinski definition) is 2. The average Bonchev–Trinajstić information content (AvgIpc) is 3.27. The highest BCUT2D eigenvalue weighted by atomic mass is 32.1. The van der Waals surface area contributed by atoms with Gasteiger partial charge < -0.3 is 24.1 Å². The third kappa shape index (κ3) is 3.25. The van der Waals surface area contributed by atoms with Gasteiger partial charge in [0.2, 0.25) is 18.4 Å². The molecular formula is C23H23N3O6S. The van der Waals surface area contributed by atoms with Gasteiger partial charge in [0.05, 0.1) is 31.5 Å². The standard InChI is InChI=1S/C23H23N3O6S/c1-25-9-8-12-10-15-19(32-11-31-15)20(30-3)16(12)18(25)17-21(27)24-23(33)26(22(17)28)13-6-4-5-7-14(13)29-2/h4-7,10,18,28H,8-9,11H2,1-3H3,(H,24,27,33). The number of para-hydroxylation sites is 2. The number of nitrogens with one attached hydrogen (secondary N) is 1. The molecule has 0 aliphatic carbocycles. The van der Waals surface area contributed by atoms with Gasteiger partial charge in [-0.2, -0.15) is 0 Å². The molecule has 2 aliphatic rings. The summed E-state index contributed by atoms with van der Waals surface area (Å²) in [6.07, 6.45) is 0.722. The minimum absolute atomic E-state index is 0.0575. The van der Waals surface area contributed by atoms with Gasteiger partial charge in [-0.1, -0.05) is 12.1 Å². The summed E-state index contributed by atoms with van der Waals surface area (Å²) in [5.41, 5.74) is 1.89. The summed E-state index contributed by atoms with van der Waals surface area (Å²) < 4.78 is 23.9. The molecule has 3 heterocycles. The van der Waals surface area contributed by atoms with Crippen LogP contribution in [-0.4, -0.2) is 54.2 Å². The van der Waals surface area contributed by atoms with Crippen LogP contribution in [0, 0.1) is 4.77 Å². The van der Waals surface area contributed by atoms with Crippen LogP contribution >= 0.6 is 12.2 Å². The van der Waals surface area contributed by atoms with Crippen LogP contribution in [0.4, 0.5) is 0 Å². The van der Waals surface area contributed by atoms with Crippen molar-refractivity contribution in [2.75, 3.05) is 34.6 Å². The minimum Gasteiger partial charge on any atom is -0.495 e. The summed E-state index contributed by atoms with van der Waals surface area (Å²) in [7, 11) is 4.98. The van der Waals surface area contributed by atoms with Crippen LogP contribution in [0.3, 0.4) is 0 Å². The molecule has 172 valence electrons. The Labute approximate surface area is 194 Å². The quantitative estimate of drug-likeness (QED) is 0.563. The van der Waals surface area contributed by atoms with Gasteiger partial charge in [-0.05, 0) is 49.4 Å². The van der Waals surface area contributed by atoms with Crippen LogP contribution in [0.15, 0.2) is 35.1 Å². The molecule has 1 unspecified atom stereocenters. The Morgan fingerprint density at radius 1 is 1.18 bits per heavy atom. The lowest BCUT2D eigenvalue weighted by Crippen LogP contribution is -2.37. The lowest BCUT2D eigenvalue weighted by Gasteiger charge is -2.36. The highest BCUT2D eigenvalue weighted by Crippen LogP contribution is 2.51. The Balaban J connectivity index is 1.80. The number of fused-ring (bicyclic) bond motifs is 2. The molecule has 33 heavy (non-hydrogen) atoms. The van der Waals surface area contributed by atoms with Crippen LogP contribution in [0.1, 0.15) is 22.7 Å². The molecular weight excluding hydrogens is 446 g/mol. The van der Waals surface area contributed by atoms with Crippen LogP contribution < -0.4 is 24.5 Å². The van der Waals surface area contributed by atoms with Crippen molar-refractivity contribution in [3.63, 3.8) is 0 Å². The number of nitrogens with zero attached hydrogens (tertiary/aromatic N) is 2. The molecule has 9 nitrogen and oxygen atoms in total. The molecule has 5 rings (SSSR count). The van der Waals surface area contributed by atoms with Crippen molar-refractivity contribution in [3.8, 4) is 34.6 Å². The van der Waals surface area contributed by atoms with E-state index in [4.69, 9.17) is 31.2 Å². The van der Waals surface area contributed by atoms with Crippen molar-refractivity contribution < 1.29 is 24.1 Å². The van der Waals surface area contributed by atoms with Crippen molar-refractivity contribution in [2.24, 2.45) is 0 Å². The third-order valence-corrected chi connectivity index (χ3v) is 6.40. The van der Waals surface area contributed by atoms with Crippen molar-refractivity contribution in [1.82, 2.24) is 14.5 Å². The van der Waals surface area contributed by atoms with E-state index in [1.54, 1.807) is 25.3 Å². The number of rotatable bonds is 4. The van der Waals surface area contributed by atoms with Gasteiger partial charge in [0.25, 0.3) is 5.56 Å². The molecule has 0 fully saturated rings. The second-order valence-electron chi connectivity index (χ2n) is 7.85. The third-order valence-electron chi connectivity index (χ3n) is 6.12. The largest absolute Gasteiger partial charge is 0.495 e. The van der Waals surface area contributed by atoms with E-state index in [9.17, 15) is 9.90 Å². The fraction of sp³-hybridized carbons (Fsp3) is 0.304. The van der Waals surface area contributed by atoms with Gasteiger partial charge in [-0.3, -0.25) is 19.2 Å². The number of likely N-dealkylation sites (N-methyl/N-ethyl adjacent to an activating group) is 1. The van der Waals surface area contributed by atoms with E-state index in [0.717, 1.165) is 17.5 Å². The van der Waals surface area contributed by atoms with Gasteiger partial charge in [0.15, 0.2) is 16.3 Å². The number of hydrogen-bond acceptors (Lipinski definition) is 8. The fourth-order valence-corrected chi connectivity index (χ4v) is 4.90. The lowest BCUT2D eigenvalue weighted by molar-refractivity contribution is 0.170. The Morgan fingerprint density at radius 3 is 2.73 bits per heavy atom. The highest BCUT2D eigenvalue weighted by Gasteiger charge is 2.38. The Hall–Kier alpha value is -3.50. The number of aromatic hydroxyl groups is 1. The molecule has 10 heteroatoms. The maximum atomic E-state index is 13.2. The number of methoxy groups -OCH3 is 2. The normalized spacial score (nSPS) is 17.0. The average molecular weight is 470 g/mol. The summed E-state index contributed by atoms with van der Waals surface area (Å²) >= 11 is 5.42. The summed E-state index contributed by atoms with van der Waals surface area (Å²) in [5, 5.41) is 11.5. The van der Waals surface area contributed by atoms with Crippen LogP contribution in [0.2, 0.25) is 0 Å². The maximum Gasteiger partial charge on any atom is 0.260 e.